The number of carbonyl (C=O) groups is 1. The molecule has 6 nitrogen and oxygen atoms in total. The van der Waals surface area contributed by atoms with Crippen LogP contribution < -0.4 is 0 Å². The van der Waals surface area contributed by atoms with E-state index in [0.29, 0.717) is 22.8 Å². The number of benzene rings is 1. The summed E-state index contributed by atoms with van der Waals surface area (Å²) in [7, 11) is 2.11. The molecule has 0 saturated carbocycles. The van der Waals surface area contributed by atoms with E-state index in [9.17, 15) is 9.18 Å². The third kappa shape index (κ3) is 4.29. The van der Waals surface area contributed by atoms with Crippen LogP contribution in [0.1, 0.15) is 40.8 Å². The highest BCUT2D eigenvalue weighted by Gasteiger charge is 2.24. The van der Waals surface area contributed by atoms with Crippen LogP contribution in [0, 0.1) is 5.82 Å². The maximum absolute atomic E-state index is 13.5. The first-order valence-electron chi connectivity index (χ1n) is 10.7. The fourth-order valence-electron chi connectivity index (χ4n) is 4.15. The summed E-state index contributed by atoms with van der Waals surface area (Å²) in [5, 5.41) is 1.87. The Balaban J connectivity index is 1.34. The second-order valence-corrected chi connectivity index (χ2v) is 8.38. The molecule has 0 spiro atoms. The number of aromatic nitrogens is 3. The molecule has 1 aliphatic heterocycles. The van der Waals surface area contributed by atoms with Crippen molar-refractivity contribution in [1.29, 1.82) is 0 Å². The number of halogens is 1. The molecule has 0 atom stereocenters. The van der Waals surface area contributed by atoms with Gasteiger partial charge in [-0.25, -0.2) is 9.37 Å². The van der Waals surface area contributed by atoms with Gasteiger partial charge in [-0.2, -0.15) is 0 Å². The van der Waals surface area contributed by atoms with Crippen LogP contribution in [0.2, 0.25) is 0 Å². The zero-order valence-corrected chi connectivity index (χ0v) is 17.8. The summed E-state index contributed by atoms with van der Waals surface area (Å²) < 4.78 is 19.2. The van der Waals surface area contributed by atoms with Crippen molar-refractivity contribution in [3.05, 3.63) is 78.3 Å². The summed E-state index contributed by atoms with van der Waals surface area (Å²) in [6.45, 7) is 2.01. The molecule has 3 aromatic heterocycles. The number of rotatable bonds is 5. The summed E-state index contributed by atoms with van der Waals surface area (Å²) in [5.41, 5.74) is 2.55. The highest BCUT2D eigenvalue weighted by Crippen LogP contribution is 2.28. The largest absolute Gasteiger partial charge is 0.448 e. The van der Waals surface area contributed by atoms with Crippen LogP contribution in [0.15, 0.2) is 59.6 Å². The zero-order valence-electron chi connectivity index (χ0n) is 17.8. The third-order valence-electron chi connectivity index (χ3n) is 6.03. The van der Waals surface area contributed by atoms with Crippen molar-refractivity contribution < 1.29 is 13.6 Å². The van der Waals surface area contributed by atoms with E-state index < -0.39 is 0 Å². The number of ketones is 1. The van der Waals surface area contributed by atoms with Gasteiger partial charge in [-0.05, 0) is 62.1 Å². The second-order valence-electron chi connectivity index (χ2n) is 8.38. The Morgan fingerprint density at radius 1 is 1.09 bits per heavy atom. The van der Waals surface area contributed by atoms with Gasteiger partial charge >= 0.3 is 0 Å². The van der Waals surface area contributed by atoms with E-state index in [0.717, 1.165) is 42.3 Å². The highest BCUT2D eigenvalue weighted by atomic mass is 19.1. The number of pyridine rings is 2. The van der Waals surface area contributed by atoms with Gasteiger partial charge in [-0.1, -0.05) is 12.1 Å². The number of hydrogen-bond donors (Lipinski definition) is 0. The molecule has 162 valence electrons. The topological polar surface area (TPSA) is 72.1 Å². The molecule has 4 heterocycles. The molecule has 1 saturated heterocycles. The molecule has 0 bridgehead atoms. The van der Waals surface area contributed by atoms with Crippen molar-refractivity contribution in [1.82, 2.24) is 19.9 Å². The molecule has 32 heavy (non-hydrogen) atoms. The molecule has 0 unspecified atom stereocenters. The summed E-state index contributed by atoms with van der Waals surface area (Å²) in [4.78, 5) is 27.9. The minimum absolute atomic E-state index is 0.120. The molecular formula is C25H23FN4O2. The predicted octanol–water partition coefficient (Wildman–Crippen LogP) is 4.66. The Morgan fingerprint density at radius 2 is 1.94 bits per heavy atom. The van der Waals surface area contributed by atoms with Crippen LogP contribution >= 0.6 is 0 Å². The fraction of sp³-hybridized carbons (Fsp3) is 0.280. The highest BCUT2D eigenvalue weighted by molar-refractivity contribution is 5.96. The lowest BCUT2D eigenvalue weighted by molar-refractivity contribution is 0.0987. The van der Waals surface area contributed by atoms with Gasteiger partial charge in [0.2, 0.25) is 0 Å². The van der Waals surface area contributed by atoms with Crippen molar-refractivity contribution >= 4 is 16.6 Å². The summed E-state index contributed by atoms with van der Waals surface area (Å²) in [5.74, 6) is 0.421. The molecular weight excluding hydrogens is 407 g/mol. The van der Waals surface area contributed by atoms with E-state index in [2.05, 4.69) is 26.9 Å². The van der Waals surface area contributed by atoms with Gasteiger partial charge in [-0.15, -0.1) is 0 Å². The first-order valence-corrected chi connectivity index (χ1v) is 10.7. The van der Waals surface area contributed by atoms with Crippen molar-refractivity contribution in [3.63, 3.8) is 0 Å². The number of carbonyl (C=O) groups excluding carboxylic acids is 1. The molecule has 5 rings (SSSR count). The van der Waals surface area contributed by atoms with Gasteiger partial charge in [0.1, 0.15) is 17.8 Å². The first-order chi connectivity index (χ1) is 15.5. The summed E-state index contributed by atoms with van der Waals surface area (Å²) in [6.07, 6.45) is 8.13. The normalized spacial score (nSPS) is 15.3. The number of piperidine rings is 1. The Labute approximate surface area is 185 Å². The molecule has 4 aromatic rings. The Morgan fingerprint density at radius 3 is 2.75 bits per heavy atom. The molecule has 0 radical (unpaired) electrons. The Hall–Kier alpha value is -3.45. The SMILES string of the molecule is CN1CCC(c2nc(C(=O)Cc3cc4cc(-c5cncc(F)c5)ccc4cn3)co2)CC1. The van der Waals surface area contributed by atoms with Crippen LogP contribution in [0.3, 0.4) is 0 Å². The predicted molar refractivity (Wildman–Crippen MR) is 119 cm³/mol. The van der Waals surface area contributed by atoms with E-state index in [1.807, 2.05) is 24.3 Å². The lowest BCUT2D eigenvalue weighted by atomic mass is 9.97. The molecule has 0 N–H and O–H groups in total. The van der Waals surface area contributed by atoms with Crippen LogP contribution in [-0.4, -0.2) is 45.8 Å². The monoisotopic (exact) mass is 430 g/mol. The van der Waals surface area contributed by atoms with Crippen LogP contribution in [0.25, 0.3) is 21.9 Å². The lowest BCUT2D eigenvalue weighted by Gasteiger charge is -2.26. The standard InChI is InChI=1S/C25H23FN4O2/c1-30-6-4-16(5-7-30)25-29-23(15-32-25)24(31)11-22-10-19-8-17(2-3-18(19)13-28-22)20-9-21(26)14-27-12-20/h2-3,8-10,12-16H,4-7,11H2,1H3. The van der Waals surface area contributed by atoms with E-state index >= 15 is 0 Å². The number of nitrogens with zero attached hydrogens (tertiary/aromatic N) is 4. The molecule has 1 fully saturated rings. The average molecular weight is 430 g/mol. The first kappa shape index (κ1) is 20.5. The van der Waals surface area contributed by atoms with Crippen molar-refractivity contribution in [2.45, 2.75) is 25.2 Å². The lowest BCUT2D eigenvalue weighted by Crippen LogP contribution is -2.29. The number of hydrogen-bond acceptors (Lipinski definition) is 6. The zero-order chi connectivity index (χ0) is 22.1. The van der Waals surface area contributed by atoms with Gasteiger partial charge in [0.25, 0.3) is 0 Å². The summed E-state index contributed by atoms with van der Waals surface area (Å²) >= 11 is 0. The quantitative estimate of drug-likeness (QED) is 0.429. The maximum atomic E-state index is 13.5. The minimum Gasteiger partial charge on any atom is -0.448 e. The van der Waals surface area contributed by atoms with E-state index in [1.54, 1.807) is 12.4 Å². The number of Topliss-reactive ketones (excluding diaryl/α,β-unsaturated/α-hetero) is 1. The van der Waals surface area contributed by atoms with E-state index in [1.165, 1.54) is 18.5 Å². The fourth-order valence-corrected chi connectivity index (χ4v) is 4.15. The van der Waals surface area contributed by atoms with Crippen molar-refractivity contribution in [2.24, 2.45) is 0 Å². The second kappa shape index (κ2) is 8.59. The van der Waals surface area contributed by atoms with Gasteiger partial charge in [-0.3, -0.25) is 14.8 Å². The van der Waals surface area contributed by atoms with Gasteiger partial charge in [0, 0.05) is 35.0 Å². The van der Waals surface area contributed by atoms with E-state index in [-0.39, 0.29) is 23.9 Å². The number of likely N-dealkylation sites (tertiary alicyclic amines) is 1. The molecule has 0 amide bonds. The van der Waals surface area contributed by atoms with E-state index in [4.69, 9.17) is 4.42 Å². The minimum atomic E-state index is -0.379. The smallest absolute Gasteiger partial charge is 0.197 e. The molecule has 0 aliphatic carbocycles. The van der Waals surface area contributed by atoms with Gasteiger partial charge in [0.05, 0.1) is 12.6 Å². The Kier molecular flexibility index (Phi) is 5.49. The third-order valence-corrected chi connectivity index (χ3v) is 6.03. The van der Waals surface area contributed by atoms with Crippen molar-refractivity contribution in [2.75, 3.05) is 20.1 Å². The maximum Gasteiger partial charge on any atom is 0.197 e. The molecule has 7 heteroatoms. The van der Waals surface area contributed by atoms with Crippen LogP contribution in [0.4, 0.5) is 4.39 Å². The van der Waals surface area contributed by atoms with Crippen LogP contribution in [0.5, 0.6) is 0 Å². The number of oxazole rings is 1. The van der Waals surface area contributed by atoms with Crippen LogP contribution in [-0.2, 0) is 6.42 Å². The molecule has 1 aliphatic rings. The van der Waals surface area contributed by atoms with Gasteiger partial charge < -0.3 is 9.32 Å². The van der Waals surface area contributed by atoms with Gasteiger partial charge in [0.15, 0.2) is 11.7 Å². The number of fused-ring (bicyclic) bond motifs is 1. The average Bonchev–Trinajstić information content (AvgIpc) is 3.30. The van der Waals surface area contributed by atoms with Crippen molar-refractivity contribution in [3.8, 4) is 11.1 Å². The Bertz CT molecular complexity index is 1280. The molecule has 1 aromatic carbocycles. The summed E-state index contributed by atoms with van der Waals surface area (Å²) in [6, 6.07) is 9.13.